The Kier molecular flexibility index (Phi) is 11.5. The van der Waals surface area contributed by atoms with Crippen LogP contribution in [0.15, 0.2) is 126 Å². The van der Waals surface area contributed by atoms with Crippen LogP contribution in [0, 0.1) is 0 Å². The molecule has 312 valence electrons. The van der Waals surface area contributed by atoms with Crippen molar-refractivity contribution >= 4 is 98.4 Å². The number of Topliss-reactive ketones (excluding diaryl/α,β-unsaturated/α-hetero) is 2. The van der Waals surface area contributed by atoms with E-state index in [9.17, 15) is 61.5 Å². The highest BCUT2D eigenvalue weighted by Crippen LogP contribution is 2.37. The molecule has 24 heteroatoms. The average molecular weight is 896 g/mol. The first-order valence-corrected chi connectivity index (χ1v) is 22.3. The molecule has 6 rings (SSSR count). The summed E-state index contributed by atoms with van der Waals surface area (Å²) in [6, 6.07) is 18.7. The molecule has 0 heterocycles. The lowest BCUT2D eigenvalue weighted by molar-refractivity contribution is 0.105. The van der Waals surface area contributed by atoms with Crippen LogP contribution in [-0.2, 0) is 40.5 Å². The van der Waals surface area contributed by atoms with Gasteiger partial charge in [-0.3, -0.25) is 25.0 Å². The molecule has 2 aliphatic carbocycles. The second kappa shape index (κ2) is 16.0. The predicted molar refractivity (Wildman–Crippen MR) is 215 cm³/mol. The summed E-state index contributed by atoms with van der Waals surface area (Å²) in [5.74, 6) is -2.37. The van der Waals surface area contributed by atoms with Gasteiger partial charge in [0.05, 0.1) is 48.6 Å². The van der Waals surface area contributed by atoms with Crippen molar-refractivity contribution in [1.82, 2.24) is 0 Å². The Balaban J connectivity index is 1.48. The molecule has 0 radical (unpaired) electrons. The largest absolute Gasteiger partial charge is 0.744 e. The number of anilines is 4. The quantitative estimate of drug-likeness (QED) is 0.0999. The number of hydrogen-bond acceptors (Lipinski definition) is 19. The Morgan fingerprint density at radius 3 is 1.27 bits per heavy atom. The van der Waals surface area contributed by atoms with E-state index in [2.05, 4.69) is 31.7 Å². The number of ketones is 2. The molecule has 5 N–H and O–H groups in total. The van der Waals surface area contributed by atoms with Gasteiger partial charge in [0.1, 0.15) is 41.0 Å². The third kappa shape index (κ3) is 9.24. The Hall–Kier alpha value is -6.38. The molecule has 0 amide bonds. The van der Waals surface area contributed by atoms with Gasteiger partial charge in [0.25, 0.3) is 10.1 Å². The summed E-state index contributed by atoms with van der Waals surface area (Å²) < 4.78 is 145. The molecule has 0 atom stereocenters. The molecule has 0 saturated heterocycles. The van der Waals surface area contributed by atoms with E-state index in [1.165, 1.54) is 38.1 Å². The van der Waals surface area contributed by atoms with Crippen LogP contribution in [0.2, 0.25) is 0 Å². The summed E-state index contributed by atoms with van der Waals surface area (Å²) >= 11 is 0. The van der Waals surface area contributed by atoms with Crippen molar-refractivity contribution in [2.45, 2.75) is 23.6 Å². The van der Waals surface area contributed by atoms with Crippen LogP contribution in [0.3, 0.4) is 0 Å². The minimum absolute atomic E-state index is 0.0405. The number of hydrogen-bond donors (Lipinski definition) is 5. The third-order valence-electron chi connectivity index (χ3n) is 8.68. The van der Waals surface area contributed by atoms with Gasteiger partial charge in [-0.1, -0.05) is 36.4 Å². The smallest absolute Gasteiger partial charge is 0.296 e. The summed E-state index contributed by atoms with van der Waals surface area (Å²) in [5.41, 5.74) is 1.12. The van der Waals surface area contributed by atoms with Crippen molar-refractivity contribution in [3.8, 4) is 0 Å². The fourth-order valence-corrected chi connectivity index (χ4v) is 8.20. The van der Waals surface area contributed by atoms with E-state index in [0.717, 1.165) is 18.2 Å². The van der Waals surface area contributed by atoms with E-state index < -0.39 is 117 Å². The first-order chi connectivity index (χ1) is 27.9. The normalized spacial score (nSPS) is 16.3. The first-order valence-electron chi connectivity index (χ1n) is 16.7. The van der Waals surface area contributed by atoms with Crippen LogP contribution in [0.4, 0.5) is 22.7 Å². The van der Waals surface area contributed by atoms with Gasteiger partial charge in [-0.25, -0.2) is 25.3 Å². The maximum Gasteiger partial charge on any atom is 0.296 e. The van der Waals surface area contributed by atoms with Crippen LogP contribution < -0.4 is 21.5 Å². The Morgan fingerprint density at radius 1 is 0.550 bits per heavy atom. The first kappa shape index (κ1) is 43.2. The zero-order valence-electron chi connectivity index (χ0n) is 30.5. The lowest BCUT2D eigenvalue weighted by Crippen LogP contribution is -2.29. The van der Waals surface area contributed by atoms with Gasteiger partial charge in [-0.2, -0.15) is 18.6 Å². The fourth-order valence-electron chi connectivity index (χ4n) is 5.83. The summed E-state index contributed by atoms with van der Waals surface area (Å²) in [5, 5.41) is 13.2. The molecular weight excluding hydrogens is 869 g/mol. The zero-order chi connectivity index (χ0) is 43.9. The van der Waals surface area contributed by atoms with E-state index >= 15 is 0 Å². The van der Waals surface area contributed by atoms with E-state index in [0.29, 0.717) is 23.9 Å². The highest BCUT2D eigenvalue weighted by Gasteiger charge is 2.36. The molecule has 20 nitrogen and oxygen atoms in total. The number of carbonyl (C=O) groups is 2. The maximum atomic E-state index is 14.0. The van der Waals surface area contributed by atoms with E-state index in [4.69, 9.17) is 0 Å². The minimum Gasteiger partial charge on any atom is -0.744 e. The van der Waals surface area contributed by atoms with Crippen molar-refractivity contribution in [3.63, 3.8) is 0 Å². The molecule has 0 unspecified atom stereocenters. The maximum absolute atomic E-state index is 14.0. The van der Waals surface area contributed by atoms with Gasteiger partial charge in [-0.15, -0.1) is 0 Å². The third-order valence-corrected chi connectivity index (χ3v) is 12.0. The topological polar surface area (TPSA) is 333 Å². The molecule has 0 bridgehead atoms. The Labute approximate surface area is 342 Å². The van der Waals surface area contributed by atoms with Crippen molar-refractivity contribution in [3.05, 3.63) is 128 Å². The molecule has 4 aromatic rings. The summed E-state index contributed by atoms with van der Waals surface area (Å²) in [7, 11) is -21.3. The summed E-state index contributed by atoms with van der Waals surface area (Å²) in [6.45, 7) is 2.65. The number of allylic oxidation sites excluding steroid dienone is 4. The number of carbonyl (C=O) groups excluding carboxylic acids is 2. The number of rotatable bonds is 12. The molecule has 0 aromatic heterocycles. The zero-order valence-corrected chi connectivity index (χ0v) is 33.8. The van der Waals surface area contributed by atoms with E-state index in [1.54, 1.807) is 36.4 Å². The van der Waals surface area contributed by atoms with Crippen LogP contribution in [0.1, 0.15) is 45.7 Å². The van der Waals surface area contributed by atoms with Crippen molar-refractivity contribution in [2.24, 2.45) is 10.2 Å². The molecule has 60 heavy (non-hydrogen) atoms. The average Bonchev–Trinajstić information content (AvgIpc) is 3.15. The van der Waals surface area contributed by atoms with E-state index in [1.807, 2.05) is 0 Å². The SMILES string of the molecule is C/C(Nc1cc(S(=O)(=O)[O-])cc2c1C(=O)/C(=N/Nc1ccccc1)C(S(=O)(=O)[O-])=C2)=C(/C)Nc1cc(S(=O)(=O)[O-])cc2c1C(=O)/C(=N/Nc1ccccc1)C(S(=O)(=O)O)=C2. The Morgan fingerprint density at radius 2 is 0.917 bits per heavy atom. The highest BCUT2D eigenvalue weighted by atomic mass is 32.2. The molecule has 2 aliphatic rings. The molecule has 0 spiro atoms. The molecular formula is C36H27N6O14S4-3. The number of nitrogens with zero attached hydrogens (tertiary/aromatic N) is 2. The van der Waals surface area contributed by atoms with Gasteiger partial charge in [-0.05, 0) is 85.7 Å². The second-order valence-corrected chi connectivity index (χ2v) is 18.3. The fraction of sp³-hybridized carbons (Fsp3) is 0.0556. The van der Waals surface area contributed by atoms with E-state index in [-0.39, 0.29) is 17.1 Å². The van der Waals surface area contributed by atoms with Crippen LogP contribution in [0.5, 0.6) is 0 Å². The molecule has 0 saturated carbocycles. The highest BCUT2D eigenvalue weighted by molar-refractivity contribution is 7.91. The van der Waals surface area contributed by atoms with Crippen LogP contribution in [-0.4, -0.2) is 74.9 Å². The lowest BCUT2D eigenvalue weighted by atomic mass is 9.92. The minimum atomic E-state index is -5.45. The van der Waals surface area contributed by atoms with Gasteiger partial charge >= 0.3 is 0 Å². The predicted octanol–water partition coefficient (Wildman–Crippen LogP) is 3.71. The van der Waals surface area contributed by atoms with Crippen LogP contribution >= 0.6 is 0 Å². The van der Waals surface area contributed by atoms with Crippen molar-refractivity contribution in [1.29, 1.82) is 0 Å². The van der Waals surface area contributed by atoms with Gasteiger partial charge in [0.15, 0.2) is 5.71 Å². The number of hydrazone groups is 2. The number of fused-ring (bicyclic) bond motifs is 2. The molecule has 4 aromatic carbocycles. The molecule has 0 aliphatic heterocycles. The second-order valence-electron chi connectivity index (χ2n) is 12.8. The van der Waals surface area contributed by atoms with Crippen molar-refractivity contribution < 1.29 is 61.5 Å². The summed E-state index contributed by atoms with van der Waals surface area (Å²) in [6.07, 6.45) is 1.39. The molecule has 0 fully saturated rings. The monoisotopic (exact) mass is 895 g/mol. The van der Waals surface area contributed by atoms with Crippen molar-refractivity contribution in [2.75, 3.05) is 21.5 Å². The van der Waals surface area contributed by atoms with Gasteiger partial charge < -0.3 is 24.3 Å². The Bertz CT molecular complexity index is 2920. The van der Waals surface area contributed by atoms with Gasteiger partial charge in [0.2, 0.25) is 11.6 Å². The number of nitrogens with one attached hydrogen (secondary N) is 4. The number of para-hydroxylation sites is 2. The van der Waals surface area contributed by atoms with Crippen LogP contribution in [0.25, 0.3) is 12.2 Å². The number of benzene rings is 4. The van der Waals surface area contributed by atoms with Gasteiger partial charge in [0, 0.05) is 11.4 Å². The summed E-state index contributed by atoms with van der Waals surface area (Å²) in [4.78, 5) is 23.9. The lowest BCUT2D eigenvalue weighted by Gasteiger charge is -2.25. The standard InChI is InChI=1S/C36H30N6O14S4/c1-19(37-27-17-25(57(45,46)47)13-21-15-29(59(51,52)53)33(35(43)31(21)27)41-39-23-9-5-3-6-10-23)20(2)38-28-18-26(58(48,49)50)14-22-16-30(60(54,55)56)34(36(44)32(22)28)42-40-24-11-7-4-8-12-24/h3-18,37-40H,1-2H3,(H,45,46,47)(H,48,49,50)(H,51,52,53)(H,54,55,56)/p-3/b20-19+,41-33+,42-34+.